The number of benzene rings is 3. The fourth-order valence-corrected chi connectivity index (χ4v) is 7.96. The molecule has 0 bridgehead atoms. The number of nitrogens with two attached hydrogens (primary N) is 1. The van der Waals surface area contributed by atoms with Crippen LogP contribution in [0.1, 0.15) is 19.3 Å². The van der Waals surface area contributed by atoms with E-state index >= 15 is 0 Å². The Hall–Kier alpha value is -1.47. The molecule has 2 N–H and O–H groups in total. The monoisotopic (exact) mass is 428 g/mol. The summed E-state index contributed by atoms with van der Waals surface area (Å²) in [6, 6.07) is 33.3. The van der Waals surface area contributed by atoms with E-state index in [4.69, 9.17) is 5.73 Å². The lowest BCUT2D eigenvalue weighted by Gasteiger charge is -2.27. The van der Waals surface area contributed by atoms with Crippen molar-refractivity contribution in [3.05, 3.63) is 91.0 Å². The molecule has 0 aliphatic carbocycles. The first-order valence-corrected chi connectivity index (χ1v) is 11.1. The van der Waals surface area contributed by atoms with Gasteiger partial charge in [-0.05, 0) is 62.2 Å². The summed E-state index contributed by atoms with van der Waals surface area (Å²) in [5, 5.41) is 4.42. The lowest BCUT2D eigenvalue weighted by molar-refractivity contribution is 0.730. The van der Waals surface area contributed by atoms with Crippen LogP contribution in [0, 0.1) is 0 Å². The van der Waals surface area contributed by atoms with Crippen LogP contribution >= 0.6 is 24.2 Å². The van der Waals surface area contributed by atoms with Crippen molar-refractivity contribution in [3.63, 3.8) is 0 Å². The third-order valence-electron chi connectivity index (χ3n) is 4.79. The molecule has 0 fully saturated rings. The second-order valence-electron chi connectivity index (χ2n) is 6.39. The normalized spacial score (nSPS) is 11.0. The summed E-state index contributed by atoms with van der Waals surface area (Å²) in [6.45, 7) is 0.785. The predicted molar refractivity (Wildman–Crippen MR) is 123 cm³/mol. The van der Waals surface area contributed by atoms with Gasteiger partial charge in [0.25, 0.3) is 0 Å². The summed E-state index contributed by atoms with van der Waals surface area (Å²) < 4.78 is 0. The van der Waals surface area contributed by atoms with Crippen LogP contribution in [-0.4, -0.2) is 12.7 Å². The van der Waals surface area contributed by atoms with Crippen molar-refractivity contribution >= 4 is 40.2 Å². The van der Waals surface area contributed by atoms with Gasteiger partial charge in [-0.2, -0.15) is 0 Å². The smallest absolute Gasteiger partial charge is 0.112 e. The fourth-order valence-electron chi connectivity index (χ4n) is 3.55. The Labute approximate surface area is 168 Å². The molecule has 0 aromatic heterocycles. The average Bonchev–Trinajstić information content (AvgIpc) is 2.70. The van der Waals surface area contributed by atoms with E-state index in [9.17, 15) is 0 Å². The molecular formula is C23H28BrNP+. The minimum Gasteiger partial charge on any atom is -0.330 e. The molecule has 0 atom stereocenters. The molecule has 3 aromatic rings. The third-order valence-corrected chi connectivity index (χ3v) is 9.31. The van der Waals surface area contributed by atoms with Crippen LogP contribution in [0.15, 0.2) is 91.0 Å². The van der Waals surface area contributed by atoms with E-state index in [0.717, 1.165) is 13.0 Å². The van der Waals surface area contributed by atoms with Gasteiger partial charge in [-0.3, -0.25) is 0 Å². The summed E-state index contributed by atoms with van der Waals surface area (Å²) in [6.07, 6.45) is 4.72. The first-order chi connectivity index (χ1) is 12.4. The summed E-state index contributed by atoms with van der Waals surface area (Å²) in [5.41, 5.74) is 5.72. The molecule has 0 saturated heterocycles. The van der Waals surface area contributed by atoms with Crippen LogP contribution in [0.3, 0.4) is 0 Å². The molecule has 1 nitrogen and oxygen atoms in total. The van der Waals surface area contributed by atoms with Crippen LogP contribution in [-0.2, 0) is 0 Å². The van der Waals surface area contributed by atoms with E-state index in [2.05, 4.69) is 91.0 Å². The Kier molecular flexibility index (Phi) is 8.51. The molecule has 0 aliphatic heterocycles. The molecule has 136 valence electrons. The number of rotatable bonds is 8. The molecule has 0 aliphatic rings. The quantitative estimate of drug-likeness (QED) is 0.408. The van der Waals surface area contributed by atoms with Crippen molar-refractivity contribution in [1.29, 1.82) is 0 Å². The molecule has 3 aromatic carbocycles. The van der Waals surface area contributed by atoms with Crippen LogP contribution in [0.4, 0.5) is 0 Å². The van der Waals surface area contributed by atoms with E-state index in [1.165, 1.54) is 34.9 Å². The Morgan fingerprint density at radius 3 is 1.27 bits per heavy atom. The minimum atomic E-state index is -1.63. The molecule has 0 radical (unpaired) electrons. The van der Waals surface area contributed by atoms with Gasteiger partial charge < -0.3 is 5.73 Å². The van der Waals surface area contributed by atoms with Gasteiger partial charge in [-0.1, -0.05) is 54.6 Å². The molecule has 26 heavy (non-hydrogen) atoms. The summed E-state index contributed by atoms with van der Waals surface area (Å²) in [7, 11) is -1.63. The fraction of sp³-hybridized carbons (Fsp3) is 0.217. The highest BCUT2D eigenvalue weighted by atomic mass is 79.9. The Bertz CT molecular complexity index is 650. The van der Waals surface area contributed by atoms with Crippen molar-refractivity contribution in [2.75, 3.05) is 12.7 Å². The molecule has 0 spiro atoms. The molecule has 3 heteroatoms. The van der Waals surface area contributed by atoms with E-state index in [1.54, 1.807) is 0 Å². The Morgan fingerprint density at radius 2 is 0.923 bits per heavy atom. The van der Waals surface area contributed by atoms with Gasteiger partial charge >= 0.3 is 0 Å². The summed E-state index contributed by atoms with van der Waals surface area (Å²) in [5.74, 6) is 0. The number of hydrogen-bond acceptors (Lipinski definition) is 1. The lowest BCUT2D eigenvalue weighted by Crippen LogP contribution is -2.33. The molecule has 3 rings (SSSR count). The van der Waals surface area contributed by atoms with Gasteiger partial charge in [0.1, 0.15) is 23.2 Å². The van der Waals surface area contributed by atoms with Gasteiger partial charge in [0, 0.05) is 0 Å². The van der Waals surface area contributed by atoms with Gasteiger partial charge in [0.2, 0.25) is 0 Å². The molecule has 0 saturated carbocycles. The third kappa shape index (κ3) is 4.62. The highest BCUT2D eigenvalue weighted by molar-refractivity contribution is 8.93. The standard InChI is InChI=1S/C23H27NP.BrH/c24-19-11-4-12-20-25(21-13-5-1-6-14-21,22-15-7-2-8-16-22)23-17-9-3-10-18-23;/h1-3,5-10,13-18H,4,11-12,19-20,24H2;1H/q+1;. The van der Waals surface area contributed by atoms with Gasteiger partial charge in [0.15, 0.2) is 0 Å². The number of hydrogen-bond donors (Lipinski definition) is 1. The second kappa shape index (κ2) is 10.6. The maximum absolute atomic E-state index is 5.72. The van der Waals surface area contributed by atoms with Crippen LogP contribution < -0.4 is 21.6 Å². The molecule has 0 amide bonds. The minimum absolute atomic E-state index is 0. The zero-order chi connectivity index (χ0) is 17.4. The van der Waals surface area contributed by atoms with Gasteiger partial charge in [-0.25, -0.2) is 0 Å². The molecular weight excluding hydrogens is 401 g/mol. The SMILES string of the molecule is Br.NCCCCC[P+](c1ccccc1)(c1ccccc1)c1ccccc1. The van der Waals surface area contributed by atoms with Gasteiger partial charge in [0.05, 0.1) is 6.16 Å². The van der Waals surface area contributed by atoms with Crippen LogP contribution in [0.5, 0.6) is 0 Å². The number of unbranched alkanes of at least 4 members (excludes halogenated alkanes) is 2. The largest absolute Gasteiger partial charge is 0.330 e. The van der Waals surface area contributed by atoms with E-state index in [0.29, 0.717) is 0 Å². The Balaban J connectivity index is 0.00000243. The van der Waals surface area contributed by atoms with Crippen LogP contribution in [0.25, 0.3) is 0 Å². The lowest BCUT2D eigenvalue weighted by atomic mass is 10.2. The Morgan fingerprint density at radius 1 is 0.538 bits per heavy atom. The molecule has 0 heterocycles. The zero-order valence-corrected chi connectivity index (χ0v) is 17.7. The van der Waals surface area contributed by atoms with Crippen LogP contribution in [0.2, 0.25) is 0 Å². The first kappa shape index (κ1) is 20.8. The maximum atomic E-state index is 5.72. The van der Waals surface area contributed by atoms with Crippen molar-refractivity contribution < 1.29 is 0 Å². The van der Waals surface area contributed by atoms with E-state index < -0.39 is 7.26 Å². The number of halogens is 1. The van der Waals surface area contributed by atoms with Crippen molar-refractivity contribution in [2.24, 2.45) is 5.73 Å². The zero-order valence-electron chi connectivity index (χ0n) is 15.1. The highest BCUT2D eigenvalue weighted by Crippen LogP contribution is 2.55. The van der Waals surface area contributed by atoms with Crippen molar-refractivity contribution in [2.45, 2.75) is 19.3 Å². The second-order valence-corrected chi connectivity index (χ2v) is 10.0. The van der Waals surface area contributed by atoms with Gasteiger partial charge in [-0.15, -0.1) is 17.0 Å². The predicted octanol–water partition coefficient (Wildman–Crippen LogP) is 4.69. The van der Waals surface area contributed by atoms with E-state index in [1.807, 2.05) is 0 Å². The highest BCUT2D eigenvalue weighted by Gasteiger charge is 2.44. The summed E-state index contributed by atoms with van der Waals surface area (Å²) in [4.78, 5) is 0. The first-order valence-electron chi connectivity index (χ1n) is 9.13. The summed E-state index contributed by atoms with van der Waals surface area (Å²) >= 11 is 0. The van der Waals surface area contributed by atoms with Crippen molar-refractivity contribution in [1.82, 2.24) is 0 Å². The van der Waals surface area contributed by atoms with E-state index in [-0.39, 0.29) is 17.0 Å². The van der Waals surface area contributed by atoms with Crippen molar-refractivity contribution in [3.8, 4) is 0 Å². The maximum Gasteiger partial charge on any atom is 0.112 e. The molecule has 0 unspecified atom stereocenters. The average molecular weight is 429 g/mol. The topological polar surface area (TPSA) is 26.0 Å².